The van der Waals surface area contributed by atoms with Crippen molar-refractivity contribution in [3.63, 3.8) is 0 Å². The molecule has 1 unspecified atom stereocenters. The zero-order valence-corrected chi connectivity index (χ0v) is 11.4. The first-order chi connectivity index (χ1) is 8.77. The predicted octanol–water partition coefficient (Wildman–Crippen LogP) is 3.67. The molecule has 0 saturated carbocycles. The fourth-order valence-corrected chi connectivity index (χ4v) is 1.66. The number of hydrogen-bond donors (Lipinski definition) is 1. The van der Waals surface area contributed by atoms with E-state index in [4.69, 9.17) is 10.5 Å². The highest BCUT2D eigenvalue weighted by atomic mass is 16.5. The summed E-state index contributed by atoms with van der Waals surface area (Å²) in [6.45, 7) is 4.80. The highest BCUT2D eigenvalue weighted by Crippen LogP contribution is 2.19. The Bertz CT molecular complexity index is 386. The largest absolute Gasteiger partial charge is 0.494 e. The minimum atomic E-state index is 0.0653. The van der Waals surface area contributed by atoms with E-state index in [-0.39, 0.29) is 6.04 Å². The molecule has 98 valence electrons. The molecule has 1 aromatic rings. The molecule has 0 radical (unpaired) electrons. The van der Waals surface area contributed by atoms with Gasteiger partial charge in [0.1, 0.15) is 5.75 Å². The molecular weight excluding hydrogens is 222 g/mol. The lowest BCUT2D eigenvalue weighted by Crippen LogP contribution is -2.09. The van der Waals surface area contributed by atoms with Gasteiger partial charge in [-0.15, -0.1) is 11.8 Å². The van der Waals surface area contributed by atoms with Crippen molar-refractivity contribution in [3.05, 3.63) is 29.8 Å². The zero-order valence-electron chi connectivity index (χ0n) is 11.4. The second-order valence-corrected chi connectivity index (χ2v) is 4.34. The average molecular weight is 245 g/mol. The normalized spacial score (nSPS) is 11.5. The van der Waals surface area contributed by atoms with Gasteiger partial charge in [0.25, 0.3) is 0 Å². The van der Waals surface area contributed by atoms with Crippen LogP contribution in [0, 0.1) is 11.8 Å². The Balaban J connectivity index is 2.44. The summed E-state index contributed by atoms with van der Waals surface area (Å²) in [5.41, 5.74) is 7.25. The summed E-state index contributed by atoms with van der Waals surface area (Å²) in [4.78, 5) is 0. The molecule has 1 atom stereocenters. The van der Waals surface area contributed by atoms with Gasteiger partial charge in [0.05, 0.1) is 6.61 Å². The third kappa shape index (κ3) is 5.25. The van der Waals surface area contributed by atoms with E-state index in [1.165, 1.54) is 0 Å². The van der Waals surface area contributed by atoms with E-state index in [0.717, 1.165) is 43.6 Å². The van der Waals surface area contributed by atoms with Crippen LogP contribution < -0.4 is 10.5 Å². The van der Waals surface area contributed by atoms with Crippen molar-refractivity contribution in [2.45, 2.75) is 45.6 Å². The van der Waals surface area contributed by atoms with Crippen molar-refractivity contribution < 1.29 is 4.74 Å². The van der Waals surface area contributed by atoms with Gasteiger partial charge >= 0.3 is 0 Å². The molecule has 0 aliphatic carbocycles. The van der Waals surface area contributed by atoms with Gasteiger partial charge < -0.3 is 10.5 Å². The van der Waals surface area contributed by atoms with Crippen LogP contribution in [0.5, 0.6) is 5.75 Å². The summed E-state index contributed by atoms with van der Waals surface area (Å²) in [6, 6.07) is 8.15. The molecule has 2 heteroatoms. The smallest absolute Gasteiger partial charge is 0.119 e. The van der Waals surface area contributed by atoms with Crippen molar-refractivity contribution in [3.8, 4) is 17.6 Å². The van der Waals surface area contributed by atoms with Gasteiger partial charge in [-0.3, -0.25) is 0 Å². The van der Waals surface area contributed by atoms with Gasteiger partial charge in [-0.1, -0.05) is 25.5 Å². The maximum atomic E-state index is 6.10. The molecule has 2 nitrogen and oxygen atoms in total. The SMILES string of the molecule is CC#CCCC(N)c1ccc(OCCCC)cc1. The average Bonchev–Trinajstić information content (AvgIpc) is 2.40. The molecule has 0 spiro atoms. The molecule has 18 heavy (non-hydrogen) atoms. The van der Waals surface area contributed by atoms with Gasteiger partial charge in [0.2, 0.25) is 0 Å². The van der Waals surface area contributed by atoms with Crippen molar-refractivity contribution in [1.82, 2.24) is 0 Å². The molecule has 0 aliphatic heterocycles. The van der Waals surface area contributed by atoms with Gasteiger partial charge in [-0.25, -0.2) is 0 Å². The van der Waals surface area contributed by atoms with Gasteiger partial charge in [-0.2, -0.15) is 0 Å². The maximum Gasteiger partial charge on any atom is 0.119 e. The van der Waals surface area contributed by atoms with E-state index >= 15 is 0 Å². The topological polar surface area (TPSA) is 35.2 Å². The Labute approximate surface area is 111 Å². The number of hydrogen-bond acceptors (Lipinski definition) is 2. The lowest BCUT2D eigenvalue weighted by Gasteiger charge is -2.11. The summed E-state index contributed by atoms with van der Waals surface area (Å²) in [6.07, 6.45) is 4.00. The molecule has 1 rings (SSSR count). The second-order valence-electron chi connectivity index (χ2n) is 4.34. The summed E-state index contributed by atoms with van der Waals surface area (Å²) in [7, 11) is 0. The molecular formula is C16H23NO. The lowest BCUT2D eigenvalue weighted by atomic mass is 10.0. The standard InChI is InChI=1S/C16H23NO/c1-3-5-7-8-16(17)14-9-11-15(12-10-14)18-13-6-4-2/h9-12,16H,4,6-8,13,17H2,1-2H3. The summed E-state index contributed by atoms with van der Waals surface area (Å²) in [5, 5.41) is 0. The first-order valence-electron chi connectivity index (χ1n) is 6.66. The first kappa shape index (κ1) is 14.6. The van der Waals surface area contributed by atoms with Crippen LogP contribution in [0.25, 0.3) is 0 Å². The maximum absolute atomic E-state index is 6.10. The Morgan fingerprint density at radius 1 is 1.28 bits per heavy atom. The number of rotatable bonds is 7. The molecule has 0 heterocycles. The summed E-state index contributed by atoms with van der Waals surface area (Å²) < 4.78 is 5.62. The van der Waals surface area contributed by atoms with Crippen molar-refractivity contribution >= 4 is 0 Å². The summed E-state index contributed by atoms with van der Waals surface area (Å²) >= 11 is 0. The van der Waals surface area contributed by atoms with Crippen molar-refractivity contribution in [2.24, 2.45) is 5.73 Å². The third-order valence-electron chi connectivity index (χ3n) is 2.83. The fraction of sp³-hybridized carbons (Fsp3) is 0.500. The molecule has 0 amide bonds. The van der Waals surface area contributed by atoms with Crippen LogP contribution in [0.15, 0.2) is 24.3 Å². The molecule has 0 bridgehead atoms. The molecule has 0 fully saturated rings. The molecule has 2 N–H and O–H groups in total. The van der Waals surface area contributed by atoms with Crippen molar-refractivity contribution in [2.75, 3.05) is 6.61 Å². The third-order valence-corrected chi connectivity index (χ3v) is 2.83. The van der Waals surface area contributed by atoms with Gasteiger partial charge in [0.15, 0.2) is 0 Å². The van der Waals surface area contributed by atoms with Crippen LogP contribution in [-0.2, 0) is 0 Å². The van der Waals surface area contributed by atoms with E-state index in [1.807, 2.05) is 31.2 Å². The van der Waals surface area contributed by atoms with Gasteiger partial charge in [-0.05, 0) is 37.5 Å². The number of nitrogens with two attached hydrogens (primary N) is 1. The second kappa shape index (κ2) is 8.60. The number of benzene rings is 1. The zero-order chi connectivity index (χ0) is 13.2. The van der Waals surface area contributed by atoms with E-state index in [2.05, 4.69) is 18.8 Å². The minimum Gasteiger partial charge on any atom is -0.494 e. The Morgan fingerprint density at radius 3 is 2.61 bits per heavy atom. The van der Waals surface area contributed by atoms with Crippen LogP contribution in [-0.4, -0.2) is 6.61 Å². The van der Waals surface area contributed by atoms with E-state index in [0.29, 0.717) is 0 Å². The quantitative estimate of drug-likeness (QED) is 0.587. The fourth-order valence-electron chi connectivity index (χ4n) is 1.66. The van der Waals surface area contributed by atoms with Crippen LogP contribution >= 0.6 is 0 Å². The minimum absolute atomic E-state index is 0.0653. The number of ether oxygens (including phenoxy) is 1. The van der Waals surface area contributed by atoms with Crippen LogP contribution in [0.2, 0.25) is 0 Å². The van der Waals surface area contributed by atoms with Crippen LogP contribution in [0.4, 0.5) is 0 Å². The molecule has 0 saturated heterocycles. The van der Waals surface area contributed by atoms with Gasteiger partial charge in [0, 0.05) is 12.5 Å². The first-order valence-corrected chi connectivity index (χ1v) is 6.66. The highest BCUT2D eigenvalue weighted by Gasteiger charge is 2.05. The van der Waals surface area contributed by atoms with Crippen LogP contribution in [0.3, 0.4) is 0 Å². The monoisotopic (exact) mass is 245 g/mol. The number of unbranched alkanes of at least 4 members (excludes halogenated alkanes) is 1. The van der Waals surface area contributed by atoms with E-state index in [9.17, 15) is 0 Å². The molecule has 0 aromatic heterocycles. The highest BCUT2D eigenvalue weighted by molar-refractivity contribution is 5.29. The Kier molecular flexibility index (Phi) is 6.98. The van der Waals surface area contributed by atoms with E-state index < -0.39 is 0 Å². The van der Waals surface area contributed by atoms with E-state index in [1.54, 1.807) is 0 Å². The Morgan fingerprint density at radius 2 is 2.00 bits per heavy atom. The molecule has 1 aromatic carbocycles. The van der Waals surface area contributed by atoms with Crippen LogP contribution in [0.1, 0.15) is 51.1 Å². The Hall–Kier alpha value is -1.46. The molecule has 0 aliphatic rings. The predicted molar refractivity (Wildman–Crippen MR) is 76.5 cm³/mol. The summed E-state index contributed by atoms with van der Waals surface area (Å²) in [5.74, 6) is 6.85. The lowest BCUT2D eigenvalue weighted by molar-refractivity contribution is 0.309. The van der Waals surface area contributed by atoms with Crippen molar-refractivity contribution in [1.29, 1.82) is 0 Å².